The van der Waals surface area contributed by atoms with E-state index in [9.17, 15) is 4.79 Å². The first-order valence-corrected chi connectivity index (χ1v) is 9.15. The maximum absolute atomic E-state index is 12.9. The van der Waals surface area contributed by atoms with Crippen molar-refractivity contribution >= 4 is 23.0 Å². The van der Waals surface area contributed by atoms with E-state index in [0.29, 0.717) is 11.7 Å². The lowest BCUT2D eigenvalue weighted by Gasteiger charge is -2.29. The van der Waals surface area contributed by atoms with Crippen LogP contribution in [0.2, 0.25) is 0 Å². The number of H-pyrrole nitrogens is 1. The molecule has 2 N–H and O–H groups in total. The Labute approximate surface area is 162 Å². The number of fused-ring (bicyclic) bond motifs is 1. The number of para-hydroxylation sites is 3. The second-order valence-electron chi connectivity index (χ2n) is 6.35. The molecule has 0 unspecified atom stereocenters. The minimum atomic E-state index is -0.0269. The highest BCUT2D eigenvalue weighted by atomic mass is 32.1. The quantitative estimate of drug-likeness (QED) is 0.684. The summed E-state index contributed by atoms with van der Waals surface area (Å²) in [4.78, 5) is 14.9. The van der Waals surface area contributed by atoms with E-state index in [1.165, 1.54) is 0 Å². The van der Waals surface area contributed by atoms with Gasteiger partial charge in [0.05, 0.1) is 30.6 Å². The number of benzene rings is 2. The minimum Gasteiger partial charge on any atom is -0.495 e. The Morgan fingerprint density at radius 1 is 1.15 bits per heavy atom. The smallest absolute Gasteiger partial charge is 0.276 e. The summed E-state index contributed by atoms with van der Waals surface area (Å²) in [5.74, 6) is 0.727. The SMILES string of the molecule is COc1ccccc1NC(=S)N1CCc2[nH]n(-c3ccccc3)c(=O)c2C1. The van der Waals surface area contributed by atoms with Crippen molar-refractivity contribution in [1.29, 1.82) is 0 Å². The Hall–Kier alpha value is -3.06. The Bertz CT molecular complexity index is 1030. The van der Waals surface area contributed by atoms with Gasteiger partial charge in [0.1, 0.15) is 5.75 Å². The number of hydrogen-bond acceptors (Lipinski definition) is 3. The van der Waals surface area contributed by atoms with Crippen LogP contribution in [0, 0.1) is 0 Å². The van der Waals surface area contributed by atoms with Crippen LogP contribution in [0.15, 0.2) is 59.4 Å². The van der Waals surface area contributed by atoms with Crippen molar-refractivity contribution in [2.24, 2.45) is 0 Å². The number of methoxy groups -OCH3 is 1. The van der Waals surface area contributed by atoms with Gasteiger partial charge in [0.2, 0.25) is 0 Å². The Morgan fingerprint density at radius 3 is 2.67 bits per heavy atom. The van der Waals surface area contributed by atoms with Crippen LogP contribution in [0.3, 0.4) is 0 Å². The number of nitrogens with zero attached hydrogens (tertiary/aromatic N) is 2. The summed E-state index contributed by atoms with van der Waals surface area (Å²) < 4.78 is 6.96. The number of aromatic nitrogens is 2. The summed E-state index contributed by atoms with van der Waals surface area (Å²) in [5, 5.41) is 7.05. The van der Waals surface area contributed by atoms with Crippen molar-refractivity contribution in [2.75, 3.05) is 19.0 Å². The molecule has 0 bridgehead atoms. The van der Waals surface area contributed by atoms with E-state index >= 15 is 0 Å². The Kier molecular flexibility index (Phi) is 4.68. The monoisotopic (exact) mass is 380 g/mol. The van der Waals surface area contributed by atoms with Crippen LogP contribution in [-0.2, 0) is 13.0 Å². The molecule has 1 aromatic heterocycles. The third-order valence-electron chi connectivity index (χ3n) is 4.70. The number of hydrogen-bond donors (Lipinski definition) is 2. The fraction of sp³-hybridized carbons (Fsp3) is 0.200. The molecule has 1 aliphatic rings. The fourth-order valence-electron chi connectivity index (χ4n) is 3.28. The van der Waals surface area contributed by atoms with Gasteiger partial charge in [0.15, 0.2) is 5.11 Å². The van der Waals surface area contributed by atoms with Crippen LogP contribution in [0.4, 0.5) is 5.69 Å². The van der Waals surface area contributed by atoms with E-state index < -0.39 is 0 Å². The van der Waals surface area contributed by atoms with E-state index in [2.05, 4.69) is 10.4 Å². The molecule has 0 saturated carbocycles. The van der Waals surface area contributed by atoms with Gasteiger partial charge in [0.25, 0.3) is 5.56 Å². The number of rotatable bonds is 3. The van der Waals surface area contributed by atoms with E-state index in [0.717, 1.165) is 41.3 Å². The second kappa shape index (κ2) is 7.28. The molecule has 0 radical (unpaired) electrons. The number of ether oxygens (including phenoxy) is 1. The highest BCUT2D eigenvalue weighted by molar-refractivity contribution is 7.80. The molecule has 0 saturated heterocycles. The average molecular weight is 380 g/mol. The van der Waals surface area contributed by atoms with E-state index in [-0.39, 0.29) is 5.56 Å². The third kappa shape index (κ3) is 3.33. The lowest BCUT2D eigenvalue weighted by atomic mass is 10.1. The molecular formula is C20H20N4O2S. The molecule has 3 aromatic rings. The number of nitrogens with one attached hydrogen (secondary N) is 2. The summed E-state index contributed by atoms with van der Waals surface area (Å²) in [6.45, 7) is 1.22. The van der Waals surface area contributed by atoms with Crippen LogP contribution in [0.25, 0.3) is 5.69 Å². The molecule has 4 rings (SSSR count). The van der Waals surface area contributed by atoms with E-state index in [4.69, 9.17) is 17.0 Å². The first-order valence-electron chi connectivity index (χ1n) is 8.74. The largest absolute Gasteiger partial charge is 0.495 e. The summed E-state index contributed by atoms with van der Waals surface area (Å²) in [7, 11) is 1.63. The summed E-state index contributed by atoms with van der Waals surface area (Å²) in [6.07, 6.45) is 0.734. The average Bonchev–Trinajstić information content (AvgIpc) is 3.05. The fourth-order valence-corrected chi connectivity index (χ4v) is 3.54. The first-order chi connectivity index (χ1) is 13.2. The van der Waals surface area contributed by atoms with Gasteiger partial charge < -0.3 is 15.0 Å². The number of thiocarbonyl (C=S) groups is 1. The van der Waals surface area contributed by atoms with Crippen LogP contribution >= 0.6 is 12.2 Å². The second-order valence-corrected chi connectivity index (χ2v) is 6.73. The highest BCUT2D eigenvalue weighted by Crippen LogP contribution is 2.24. The Morgan fingerprint density at radius 2 is 1.89 bits per heavy atom. The van der Waals surface area contributed by atoms with Gasteiger partial charge in [-0.25, -0.2) is 4.68 Å². The predicted molar refractivity (Wildman–Crippen MR) is 110 cm³/mol. The van der Waals surface area contributed by atoms with Crippen LogP contribution in [0.5, 0.6) is 5.75 Å². The minimum absolute atomic E-state index is 0.0269. The number of anilines is 1. The zero-order valence-electron chi connectivity index (χ0n) is 14.9. The maximum Gasteiger partial charge on any atom is 0.276 e. The lowest BCUT2D eigenvalue weighted by molar-refractivity contribution is 0.395. The zero-order valence-corrected chi connectivity index (χ0v) is 15.8. The highest BCUT2D eigenvalue weighted by Gasteiger charge is 2.24. The van der Waals surface area contributed by atoms with Crippen LogP contribution in [-0.4, -0.2) is 33.4 Å². The van der Waals surface area contributed by atoms with Crippen molar-refractivity contribution in [1.82, 2.24) is 14.7 Å². The topological polar surface area (TPSA) is 62.3 Å². The summed E-state index contributed by atoms with van der Waals surface area (Å²) in [5.41, 5.74) is 3.35. The Balaban J connectivity index is 1.56. The van der Waals surface area contributed by atoms with Crippen molar-refractivity contribution < 1.29 is 4.74 Å². The molecule has 27 heavy (non-hydrogen) atoms. The maximum atomic E-state index is 12.9. The van der Waals surface area contributed by atoms with Crippen molar-refractivity contribution in [3.05, 3.63) is 76.2 Å². The lowest BCUT2D eigenvalue weighted by Crippen LogP contribution is -2.40. The van der Waals surface area contributed by atoms with Gasteiger partial charge in [0, 0.05) is 18.7 Å². The third-order valence-corrected chi connectivity index (χ3v) is 5.06. The van der Waals surface area contributed by atoms with Crippen LogP contribution in [0.1, 0.15) is 11.3 Å². The van der Waals surface area contributed by atoms with E-state index in [1.807, 2.05) is 59.5 Å². The standard InChI is InChI=1S/C20H20N4O2S/c1-26-18-10-6-5-9-17(18)21-20(27)23-12-11-16-15(13-23)19(25)24(22-16)14-7-3-2-4-8-14/h2-10,22H,11-13H2,1H3,(H,21,27). The van der Waals surface area contributed by atoms with Gasteiger partial charge in [-0.15, -0.1) is 0 Å². The molecule has 2 aromatic carbocycles. The molecule has 138 valence electrons. The van der Waals surface area contributed by atoms with Crippen molar-refractivity contribution in [3.8, 4) is 11.4 Å². The van der Waals surface area contributed by atoms with Gasteiger partial charge >= 0.3 is 0 Å². The van der Waals surface area contributed by atoms with E-state index in [1.54, 1.807) is 11.8 Å². The molecule has 0 amide bonds. The van der Waals surface area contributed by atoms with Gasteiger partial charge in [-0.2, -0.15) is 0 Å². The summed E-state index contributed by atoms with van der Waals surface area (Å²) in [6, 6.07) is 17.2. The first kappa shape index (κ1) is 17.4. The molecule has 7 heteroatoms. The van der Waals surface area contributed by atoms with Gasteiger partial charge in [-0.3, -0.25) is 9.89 Å². The molecule has 0 aliphatic carbocycles. The number of aromatic amines is 1. The molecule has 0 fully saturated rings. The normalized spacial score (nSPS) is 13.1. The van der Waals surface area contributed by atoms with Gasteiger partial charge in [-0.05, 0) is 36.5 Å². The molecule has 0 spiro atoms. The summed E-state index contributed by atoms with van der Waals surface area (Å²) >= 11 is 5.58. The predicted octanol–water partition coefficient (Wildman–Crippen LogP) is 2.93. The molecule has 6 nitrogen and oxygen atoms in total. The molecule has 1 aliphatic heterocycles. The molecular weight excluding hydrogens is 360 g/mol. The van der Waals surface area contributed by atoms with Gasteiger partial charge in [-0.1, -0.05) is 30.3 Å². The zero-order chi connectivity index (χ0) is 18.8. The van der Waals surface area contributed by atoms with Crippen molar-refractivity contribution in [3.63, 3.8) is 0 Å². The van der Waals surface area contributed by atoms with Crippen molar-refractivity contribution in [2.45, 2.75) is 13.0 Å². The van der Waals surface area contributed by atoms with Crippen LogP contribution < -0.4 is 15.6 Å². The molecule has 2 heterocycles. The molecule has 0 atom stereocenters.